The quantitative estimate of drug-likeness (QED) is 0.816. The van der Waals surface area contributed by atoms with Gasteiger partial charge in [0.05, 0.1) is 6.10 Å². The number of hydrogen-bond acceptors (Lipinski definition) is 2. The Morgan fingerprint density at radius 2 is 1.81 bits per heavy atom. The first kappa shape index (κ1) is 16.0. The molecule has 0 amide bonds. The lowest BCUT2D eigenvalue weighted by molar-refractivity contribution is 0.242. The Kier molecular flexibility index (Phi) is 5.76. The summed E-state index contributed by atoms with van der Waals surface area (Å²) in [5.74, 6) is 0.659. The van der Waals surface area contributed by atoms with E-state index in [1.807, 2.05) is 38.1 Å². The van der Waals surface area contributed by atoms with Crippen molar-refractivity contribution in [1.29, 1.82) is 0 Å². The van der Waals surface area contributed by atoms with Crippen molar-refractivity contribution in [3.05, 3.63) is 63.9 Å². The first-order valence-corrected chi connectivity index (χ1v) is 7.74. The van der Waals surface area contributed by atoms with Crippen LogP contribution in [0.15, 0.2) is 46.9 Å². The van der Waals surface area contributed by atoms with Gasteiger partial charge in [-0.25, -0.2) is 4.39 Å². The van der Waals surface area contributed by atoms with Crippen molar-refractivity contribution < 1.29 is 9.13 Å². The molecule has 21 heavy (non-hydrogen) atoms. The lowest BCUT2D eigenvalue weighted by atomic mass is 10.2. The van der Waals surface area contributed by atoms with Gasteiger partial charge >= 0.3 is 0 Å². The number of nitrogens with one attached hydrogen (secondary N) is 1. The van der Waals surface area contributed by atoms with Crippen molar-refractivity contribution in [1.82, 2.24) is 5.32 Å². The van der Waals surface area contributed by atoms with Crippen molar-refractivity contribution in [2.24, 2.45) is 0 Å². The predicted octanol–water partition coefficient (Wildman–Crippen LogP) is 4.67. The van der Waals surface area contributed by atoms with Gasteiger partial charge in [-0.3, -0.25) is 0 Å². The van der Waals surface area contributed by atoms with Gasteiger partial charge in [-0.1, -0.05) is 28.1 Å². The monoisotopic (exact) mass is 351 g/mol. The molecule has 0 unspecified atom stereocenters. The predicted molar refractivity (Wildman–Crippen MR) is 86.8 cm³/mol. The zero-order valence-electron chi connectivity index (χ0n) is 12.2. The van der Waals surface area contributed by atoms with Gasteiger partial charge in [-0.2, -0.15) is 0 Å². The highest BCUT2D eigenvalue weighted by molar-refractivity contribution is 9.10. The molecule has 0 radical (unpaired) electrons. The molecule has 0 saturated heterocycles. The van der Waals surface area contributed by atoms with Crippen LogP contribution in [0, 0.1) is 5.82 Å². The standard InChI is InChI=1S/C17H19BrFNO/c1-12(2)21-16-6-3-13(4-7-16)10-20-11-14-9-15(19)5-8-17(14)18/h3-9,12,20H,10-11H2,1-2H3. The lowest BCUT2D eigenvalue weighted by Gasteiger charge is -2.11. The summed E-state index contributed by atoms with van der Waals surface area (Å²) in [7, 11) is 0. The van der Waals surface area contributed by atoms with Gasteiger partial charge < -0.3 is 10.1 Å². The van der Waals surface area contributed by atoms with E-state index < -0.39 is 0 Å². The second-order valence-corrected chi connectivity index (χ2v) is 6.00. The third kappa shape index (κ3) is 5.14. The van der Waals surface area contributed by atoms with E-state index in [9.17, 15) is 4.39 Å². The van der Waals surface area contributed by atoms with Crippen LogP contribution in [0.5, 0.6) is 5.75 Å². The maximum absolute atomic E-state index is 13.2. The minimum absolute atomic E-state index is 0.180. The van der Waals surface area contributed by atoms with Crippen LogP contribution in [-0.2, 0) is 13.1 Å². The fourth-order valence-electron chi connectivity index (χ4n) is 1.98. The van der Waals surface area contributed by atoms with Gasteiger partial charge in [-0.15, -0.1) is 0 Å². The van der Waals surface area contributed by atoms with Crippen LogP contribution in [0.1, 0.15) is 25.0 Å². The second kappa shape index (κ2) is 7.57. The van der Waals surface area contributed by atoms with Crippen LogP contribution in [0.4, 0.5) is 4.39 Å². The van der Waals surface area contributed by atoms with Crippen LogP contribution in [0.25, 0.3) is 0 Å². The van der Waals surface area contributed by atoms with Crippen molar-refractivity contribution >= 4 is 15.9 Å². The Morgan fingerprint density at radius 3 is 2.48 bits per heavy atom. The van der Waals surface area contributed by atoms with Crippen LogP contribution in [0.3, 0.4) is 0 Å². The van der Waals surface area contributed by atoms with E-state index >= 15 is 0 Å². The van der Waals surface area contributed by atoms with Gasteiger partial charge in [0.1, 0.15) is 11.6 Å². The summed E-state index contributed by atoms with van der Waals surface area (Å²) in [4.78, 5) is 0. The second-order valence-electron chi connectivity index (χ2n) is 5.15. The van der Waals surface area contributed by atoms with Crippen molar-refractivity contribution in [2.45, 2.75) is 33.0 Å². The van der Waals surface area contributed by atoms with Crippen molar-refractivity contribution in [3.63, 3.8) is 0 Å². The Balaban J connectivity index is 1.87. The lowest BCUT2D eigenvalue weighted by Crippen LogP contribution is -2.13. The van der Waals surface area contributed by atoms with Crippen molar-refractivity contribution in [2.75, 3.05) is 0 Å². The molecular formula is C17H19BrFNO. The molecule has 0 spiro atoms. The van der Waals surface area contributed by atoms with E-state index in [0.29, 0.717) is 6.54 Å². The third-order valence-corrected chi connectivity index (χ3v) is 3.72. The Labute approximate surface area is 133 Å². The van der Waals surface area contributed by atoms with E-state index in [4.69, 9.17) is 4.74 Å². The number of halogens is 2. The van der Waals surface area contributed by atoms with Gasteiger partial charge in [0, 0.05) is 17.6 Å². The van der Waals surface area contributed by atoms with Gasteiger partial charge in [0.2, 0.25) is 0 Å². The summed E-state index contributed by atoms with van der Waals surface area (Å²) < 4.78 is 19.7. The Bertz CT molecular complexity index is 584. The molecule has 112 valence electrons. The maximum atomic E-state index is 13.2. The van der Waals surface area contributed by atoms with Crippen LogP contribution in [0.2, 0.25) is 0 Å². The first-order chi connectivity index (χ1) is 10.0. The number of benzene rings is 2. The molecule has 2 aromatic carbocycles. The van der Waals surface area contributed by atoms with E-state index in [1.54, 1.807) is 6.07 Å². The average molecular weight is 352 g/mol. The molecule has 0 aromatic heterocycles. The van der Waals surface area contributed by atoms with Crippen molar-refractivity contribution in [3.8, 4) is 5.75 Å². The summed E-state index contributed by atoms with van der Waals surface area (Å²) in [6.07, 6.45) is 0.180. The number of ether oxygens (including phenoxy) is 1. The fourth-order valence-corrected chi connectivity index (χ4v) is 2.37. The molecule has 0 aliphatic rings. The van der Waals surface area contributed by atoms with Crippen LogP contribution < -0.4 is 10.1 Å². The SMILES string of the molecule is CC(C)Oc1ccc(CNCc2cc(F)ccc2Br)cc1. The first-order valence-electron chi connectivity index (χ1n) is 6.95. The Morgan fingerprint density at radius 1 is 1.10 bits per heavy atom. The molecule has 2 rings (SSSR count). The molecule has 0 atom stereocenters. The van der Waals surface area contributed by atoms with Crippen LogP contribution >= 0.6 is 15.9 Å². The highest BCUT2D eigenvalue weighted by Gasteiger charge is 2.02. The topological polar surface area (TPSA) is 21.3 Å². The summed E-state index contributed by atoms with van der Waals surface area (Å²) in [5, 5.41) is 3.31. The summed E-state index contributed by atoms with van der Waals surface area (Å²) in [6.45, 7) is 5.35. The summed E-state index contributed by atoms with van der Waals surface area (Å²) >= 11 is 3.43. The molecule has 0 aliphatic heterocycles. The van der Waals surface area contributed by atoms with E-state index in [1.165, 1.54) is 17.7 Å². The molecule has 2 aromatic rings. The molecule has 0 saturated carbocycles. The molecule has 0 fully saturated rings. The van der Waals surface area contributed by atoms with Crippen LogP contribution in [-0.4, -0.2) is 6.10 Å². The highest BCUT2D eigenvalue weighted by atomic mass is 79.9. The minimum Gasteiger partial charge on any atom is -0.491 e. The number of hydrogen-bond donors (Lipinski definition) is 1. The Hall–Kier alpha value is -1.39. The average Bonchev–Trinajstić information content (AvgIpc) is 2.44. The third-order valence-electron chi connectivity index (χ3n) is 2.95. The van der Waals surface area contributed by atoms with Gasteiger partial charge in [0.15, 0.2) is 0 Å². The van der Waals surface area contributed by atoms with Gasteiger partial charge in [-0.05, 0) is 55.3 Å². The summed E-state index contributed by atoms with van der Waals surface area (Å²) in [5.41, 5.74) is 2.08. The largest absolute Gasteiger partial charge is 0.491 e. The van der Waals surface area contributed by atoms with E-state index in [0.717, 1.165) is 22.3 Å². The molecule has 1 N–H and O–H groups in total. The number of rotatable bonds is 6. The highest BCUT2D eigenvalue weighted by Crippen LogP contribution is 2.18. The van der Waals surface area contributed by atoms with Gasteiger partial charge in [0.25, 0.3) is 0 Å². The molecule has 0 aliphatic carbocycles. The molecule has 0 bridgehead atoms. The summed E-state index contributed by atoms with van der Waals surface area (Å²) in [6, 6.07) is 12.7. The smallest absolute Gasteiger partial charge is 0.123 e. The molecular weight excluding hydrogens is 333 g/mol. The van der Waals surface area contributed by atoms with E-state index in [-0.39, 0.29) is 11.9 Å². The minimum atomic E-state index is -0.217. The molecule has 2 nitrogen and oxygen atoms in total. The maximum Gasteiger partial charge on any atom is 0.123 e. The fraction of sp³-hybridized carbons (Fsp3) is 0.294. The zero-order chi connectivity index (χ0) is 15.2. The van der Waals surface area contributed by atoms with E-state index in [2.05, 4.69) is 21.2 Å². The zero-order valence-corrected chi connectivity index (χ0v) is 13.8. The molecule has 0 heterocycles. The molecule has 4 heteroatoms. The normalized spacial score (nSPS) is 10.9.